The third-order valence-corrected chi connectivity index (χ3v) is 4.94. The number of hydrogen-bond donors (Lipinski definition) is 1. The number of aromatic nitrogens is 1. The van der Waals surface area contributed by atoms with Crippen molar-refractivity contribution in [2.24, 2.45) is 0 Å². The predicted molar refractivity (Wildman–Crippen MR) is 110 cm³/mol. The molecule has 1 aromatic heterocycles. The lowest BCUT2D eigenvalue weighted by Crippen LogP contribution is -1.96. The van der Waals surface area contributed by atoms with Crippen LogP contribution in [0.4, 0.5) is 0 Å². The molecule has 3 aromatic carbocycles. The van der Waals surface area contributed by atoms with Crippen LogP contribution in [0.2, 0.25) is 0 Å². The number of halogens is 1. The minimum Gasteiger partial charge on any atom is -0.361 e. The van der Waals surface area contributed by atoms with Gasteiger partial charge in [-0.3, -0.25) is 0 Å². The van der Waals surface area contributed by atoms with E-state index in [9.17, 15) is 0 Å². The first kappa shape index (κ1) is 15.9. The molecule has 0 fully saturated rings. The van der Waals surface area contributed by atoms with E-state index < -0.39 is 0 Å². The Labute approximate surface area is 156 Å². The Kier molecular flexibility index (Phi) is 4.53. The Morgan fingerprint density at radius 2 is 1.56 bits per heavy atom. The molecule has 0 aliphatic heterocycles. The van der Waals surface area contributed by atoms with Gasteiger partial charge in [0.05, 0.1) is 0 Å². The Morgan fingerprint density at radius 3 is 2.32 bits per heavy atom. The van der Waals surface area contributed by atoms with Gasteiger partial charge in [0.15, 0.2) is 0 Å². The first-order valence-electron chi connectivity index (χ1n) is 8.36. The number of allylic oxidation sites excluding steroid dienone is 1. The molecule has 4 rings (SSSR count). The van der Waals surface area contributed by atoms with Gasteiger partial charge in [0.25, 0.3) is 0 Å². The normalized spacial score (nSPS) is 12.7. The van der Waals surface area contributed by atoms with Crippen LogP contribution in [0.5, 0.6) is 0 Å². The molecular weight excluding hydrogens is 370 g/mol. The minimum absolute atomic E-state index is 0.205. The Morgan fingerprint density at radius 1 is 0.840 bits per heavy atom. The number of hydrogen-bond acceptors (Lipinski definition) is 0. The molecule has 0 saturated carbocycles. The Bertz CT molecular complexity index is 1000. The van der Waals surface area contributed by atoms with Crippen molar-refractivity contribution in [3.05, 3.63) is 112 Å². The van der Waals surface area contributed by atoms with E-state index in [1.165, 1.54) is 22.1 Å². The smallest absolute Gasteiger partial charge is 0.0468 e. The van der Waals surface area contributed by atoms with Gasteiger partial charge in [-0.1, -0.05) is 94.8 Å². The summed E-state index contributed by atoms with van der Waals surface area (Å²) in [5.74, 6) is 0.205. The summed E-state index contributed by atoms with van der Waals surface area (Å²) in [5.41, 5.74) is 4.95. The zero-order valence-corrected chi connectivity index (χ0v) is 15.3. The first-order chi connectivity index (χ1) is 12.3. The largest absolute Gasteiger partial charge is 0.361 e. The zero-order valence-electron chi connectivity index (χ0n) is 13.7. The Hall–Kier alpha value is -2.58. The first-order valence-corrected chi connectivity index (χ1v) is 9.15. The molecule has 1 N–H and O–H groups in total. The van der Waals surface area contributed by atoms with Crippen LogP contribution in [0.15, 0.2) is 95.6 Å². The second-order valence-electron chi connectivity index (χ2n) is 6.09. The summed E-state index contributed by atoms with van der Waals surface area (Å²) in [5, 5.41) is 1.26. The van der Waals surface area contributed by atoms with E-state index in [1.807, 2.05) is 6.07 Å². The molecule has 122 valence electrons. The van der Waals surface area contributed by atoms with Crippen molar-refractivity contribution < 1.29 is 0 Å². The summed E-state index contributed by atoms with van der Waals surface area (Å²) >= 11 is 3.55. The number of aromatic amines is 1. The van der Waals surface area contributed by atoms with E-state index in [0.717, 1.165) is 9.99 Å². The number of fused-ring (bicyclic) bond motifs is 1. The molecule has 0 aliphatic carbocycles. The van der Waals surface area contributed by atoms with Crippen molar-refractivity contribution in [3.63, 3.8) is 0 Å². The van der Waals surface area contributed by atoms with Crippen molar-refractivity contribution in [1.82, 2.24) is 4.98 Å². The van der Waals surface area contributed by atoms with Gasteiger partial charge < -0.3 is 4.98 Å². The average molecular weight is 388 g/mol. The summed E-state index contributed by atoms with van der Waals surface area (Å²) in [4.78, 5) is 3.41. The van der Waals surface area contributed by atoms with Crippen molar-refractivity contribution >= 4 is 32.9 Å². The molecule has 0 bridgehead atoms. The number of rotatable bonds is 4. The molecule has 4 aromatic rings. The zero-order chi connectivity index (χ0) is 17.1. The molecule has 0 spiro atoms. The maximum Gasteiger partial charge on any atom is 0.0468 e. The highest BCUT2D eigenvalue weighted by atomic mass is 79.9. The highest BCUT2D eigenvalue weighted by Gasteiger charge is 2.15. The lowest BCUT2D eigenvalue weighted by molar-refractivity contribution is 1.04. The van der Waals surface area contributed by atoms with E-state index >= 15 is 0 Å². The van der Waals surface area contributed by atoms with Gasteiger partial charge in [0, 0.05) is 27.5 Å². The summed E-state index contributed by atoms with van der Waals surface area (Å²) in [6.07, 6.45) is 6.62. The number of nitrogens with one attached hydrogen (secondary N) is 1. The second-order valence-corrected chi connectivity index (χ2v) is 7.01. The molecule has 1 unspecified atom stereocenters. The van der Waals surface area contributed by atoms with Crippen LogP contribution in [0.3, 0.4) is 0 Å². The van der Waals surface area contributed by atoms with Gasteiger partial charge in [-0.15, -0.1) is 0 Å². The highest BCUT2D eigenvalue weighted by molar-refractivity contribution is 9.10. The summed E-state index contributed by atoms with van der Waals surface area (Å²) in [6.45, 7) is 0. The van der Waals surface area contributed by atoms with Gasteiger partial charge in [0.2, 0.25) is 0 Å². The molecular formula is C23H18BrN. The summed E-state index contributed by atoms with van der Waals surface area (Å²) in [7, 11) is 0. The molecule has 0 aliphatic rings. The van der Waals surface area contributed by atoms with Crippen LogP contribution < -0.4 is 0 Å². The van der Waals surface area contributed by atoms with Gasteiger partial charge in [-0.05, 0) is 28.8 Å². The van der Waals surface area contributed by atoms with Crippen molar-refractivity contribution in [3.8, 4) is 0 Å². The molecule has 2 heteroatoms. The van der Waals surface area contributed by atoms with Crippen molar-refractivity contribution in [2.75, 3.05) is 0 Å². The molecule has 25 heavy (non-hydrogen) atoms. The third kappa shape index (κ3) is 3.45. The lowest BCUT2D eigenvalue weighted by atomic mass is 9.90. The van der Waals surface area contributed by atoms with E-state index in [4.69, 9.17) is 0 Å². The highest BCUT2D eigenvalue weighted by Crippen LogP contribution is 2.33. The van der Waals surface area contributed by atoms with Crippen molar-refractivity contribution in [1.29, 1.82) is 0 Å². The third-order valence-electron chi connectivity index (χ3n) is 4.45. The SMILES string of the molecule is Brc1ccc2c(C(/C=C/c3ccccc3)c3ccccc3)c[nH]c2c1. The van der Waals surface area contributed by atoms with E-state index in [2.05, 4.69) is 112 Å². The van der Waals surface area contributed by atoms with E-state index in [-0.39, 0.29) is 5.92 Å². The molecule has 0 saturated heterocycles. The van der Waals surface area contributed by atoms with Crippen LogP contribution in [-0.4, -0.2) is 4.98 Å². The number of H-pyrrole nitrogens is 1. The van der Waals surface area contributed by atoms with Gasteiger partial charge in [0.1, 0.15) is 0 Å². The number of benzene rings is 3. The standard InChI is InChI=1S/C23H18BrN/c24-19-12-14-21-22(16-25-23(21)15-19)20(18-9-5-2-6-10-18)13-11-17-7-3-1-4-8-17/h1-16,20,25H/b13-11+. The fourth-order valence-corrected chi connectivity index (χ4v) is 3.57. The maximum atomic E-state index is 3.55. The van der Waals surface area contributed by atoms with E-state index in [1.54, 1.807) is 0 Å². The van der Waals surface area contributed by atoms with Crippen LogP contribution in [0, 0.1) is 0 Å². The minimum atomic E-state index is 0.205. The van der Waals surface area contributed by atoms with Gasteiger partial charge >= 0.3 is 0 Å². The quantitative estimate of drug-likeness (QED) is 0.397. The topological polar surface area (TPSA) is 15.8 Å². The monoisotopic (exact) mass is 387 g/mol. The lowest BCUT2D eigenvalue weighted by Gasteiger charge is -2.13. The van der Waals surface area contributed by atoms with Crippen LogP contribution in [-0.2, 0) is 0 Å². The van der Waals surface area contributed by atoms with Crippen LogP contribution in [0.1, 0.15) is 22.6 Å². The molecule has 0 radical (unpaired) electrons. The Balaban J connectivity index is 1.81. The van der Waals surface area contributed by atoms with E-state index in [0.29, 0.717) is 0 Å². The fraction of sp³-hybridized carbons (Fsp3) is 0.0435. The summed E-state index contributed by atoms with van der Waals surface area (Å²) < 4.78 is 1.09. The fourth-order valence-electron chi connectivity index (χ4n) is 3.20. The molecule has 0 amide bonds. The molecule has 1 heterocycles. The van der Waals surface area contributed by atoms with Gasteiger partial charge in [-0.2, -0.15) is 0 Å². The maximum absolute atomic E-state index is 3.55. The van der Waals surface area contributed by atoms with Crippen LogP contribution in [0.25, 0.3) is 17.0 Å². The molecule has 1 atom stereocenters. The molecule has 1 nitrogen and oxygen atoms in total. The van der Waals surface area contributed by atoms with Crippen molar-refractivity contribution in [2.45, 2.75) is 5.92 Å². The predicted octanol–water partition coefficient (Wildman–Crippen LogP) is 6.78. The second kappa shape index (κ2) is 7.12. The summed E-state index contributed by atoms with van der Waals surface area (Å²) in [6, 6.07) is 27.5. The average Bonchev–Trinajstić information content (AvgIpc) is 3.06. The van der Waals surface area contributed by atoms with Crippen LogP contribution >= 0.6 is 15.9 Å². The van der Waals surface area contributed by atoms with Gasteiger partial charge in [-0.25, -0.2) is 0 Å².